The van der Waals surface area contributed by atoms with Crippen LogP contribution in [0.5, 0.6) is 5.75 Å². The summed E-state index contributed by atoms with van der Waals surface area (Å²) in [5.74, 6) is 0.382. The largest absolute Gasteiger partial charge is 0.508 e. The van der Waals surface area contributed by atoms with Crippen LogP contribution in [-0.2, 0) is 6.42 Å². The number of aromatic hydroxyl groups is 1. The van der Waals surface area contributed by atoms with Gasteiger partial charge in [0.05, 0.1) is 6.07 Å². The van der Waals surface area contributed by atoms with E-state index in [1.807, 2.05) is 19.1 Å². The zero-order valence-electron chi connectivity index (χ0n) is 7.70. The Morgan fingerprint density at radius 1 is 1.46 bits per heavy atom. The Morgan fingerprint density at radius 2 is 2.15 bits per heavy atom. The number of phenolic OH excluding ortho intramolecular Hbond substituents is 1. The van der Waals surface area contributed by atoms with Gasteiger partial charge in [0.25, 0.3) is 0 Å². The van der Waals surface area contributed by atoms with Gasteiger partial charge in [0.15, 0.2) is 0 Å². The minimum Gasteiger partial charge on any atom is -0.508 e. The first-order valence-electron chi connectivity index (χ1n) is 4.40. The molecule has 0 saturated carbocycles. The Hall–Kier alpha value is -1.49. The van der Waals surface area contributed by atoms with Gasteiger partial charge in [-0.05, 0) is 31.4 Å². The molecule has 1 atom stereocenters. The number of rotatable bonds is 3. The summed E-state index contributed by atoms with van der Waals surface area (Å²) in [6.07, 6.45) is 1.56. The quantitative estimate of drug-likeness (QED) is 0.767. The maximum atomic E-state index is 9.41. The highest BCUT2D eigenvalue weighted by Crippen LogP contribution is 2.18. The molecule has 1 unspecified atom stereocenters. The molecule has 0 aromatic heterocycles. The predicted octanol–water partition coefficient (Wildman–Crippen LogP) is 2.48. The van der Waals surface area contributed by atoms with Gasteiger partial charge in [-0.2, -0.15) is 5.26 Å². The predicted molar refractivity (Wildman–Crippen MR) is 51.2 cm³/mol. The van der Waals surface area contributed by atoms with Crippen LogP contribution in [0.4, 0.5) is 0 Å². The zero-order valence-corrected chi connectivity index (χ0v) is 7.70. The Kier molecular flexibility index (Phi) is 3.33. The molecule has 0 heterocycles. The molecule has 0 aliphatic heterocycles. The summed E-state index contributed by atoms with van der Waals surface area (Å²) in [5.41, 5.74) is 0.921. The normalized spacial score (nSPS) is 12.0. The van der Waals surface area contributed by atoms with E-state index in [9.17, 15) is 5.11 Å². The third-order valence-electron chi connectivity index (χ3n) is 2.06. The topological polar surface area (TPSA) is 44.0 Å². The van der Waals surface area contributed by atoms with Crippen LogP contribution in [0.2, 0.25) is 0 Å². The van der Waals surface area contributed by atoms with Crippen molar-refractivity contribution in [1.82, 2.24) is 0 Å². The SMILES string of the molecule is CC(C#N)CCc1ccccc1O. The Labute approximate surface area is 78.4 Å². The Balaban J connectivity index is 2.56. The molecule has 13 heavy (non-hydrogen) atoms. The fraction of sp³-hybridized carbons (Fsp3) is 0.364. The third-order valence-corrected chi connectivity index (χ3v) is 2.06. The van der Waals surface area contributed by atoms with Crippen LogP contribution in [0.15, 0.2) is 24.3 Å². The third kappa shape index (κ3) is 2.79. The number of hydrogen-bond acceptors (Lipinski definition) is 2. The molecule has 0 amide bonds. The fourth-order valence-corrected chi connectivity index (χ4v) is 1.16. The van der Waals surface area contributed by atoms with E-state index in [1.54, 1.807) is 12.1 Å². The van der Waals surface area contributed by atoms with Crippen LogP contribution < -0.4 is 0 Å². The van der Waals surface area contributed by atoms with Crippen molar-refractivity contribution in [3.8, 4) is 11.8 Å². The van der Waals surface area contributed by atoms with Crippen molar-refractivity contribution in [2.75, 3.05) is 0 Å². The Bertz CT molecular complexity index is 314. The van der Waals surface area contributed by atoms with E-state index < -0.39 is 0 Å². The number of para-hydroxylation sites is 1. The molecular weight excluding hydrogens is 162 g/mol. The van der Waals surface area contributed by atoms with Crippen molar-refractivity contribution in [2.24, 2.45) is 5.92 Å². The first-order valence-corrected chi connectivity index (χ1v) is 4.40. The number of nitriles is 1. The van der Waals surface area contributed by atoms with Gasteiger partial charge in [-0.25, -0.2) is 0 Å². The van der Waals surface area contributed by atoms with E-state index >= 15 is 0 Å². The van der Waals surface area contributed by atoms with E-state index in [1.165, 1.54) is 0 Å². The van der Waals surface area contributed by atoms with Gasteiger partial charge in [0.1, 0.15) is 5.75 Å². The molecule has 1 rings (SSSR count). The van der Waals surface area contributed by atoms with Crippen molar-refractivity contribution >= 4 is 0 Å². The number of aryl methyl sites for hydroxylation is 1. The molecule has 0 aliphatic carbocycles. The van der Waals surface area contributed by atoms with Crippen LogP contribution >= 0.6 is 0 Å². The highest BCUT2D eigenvalue weighted by atomic mass is 16.3. The van der Waals surface area contributed by atoms with Crippen molar-refractivity contribution in [2.45, 2.75) is 19.8 Å². The summed E-state index contributed by atoms with van der Waals surface area (Å²) in [6.45, 7) is 1.89. The van der Waals surface area contributed by atoms with E-state index in [-0.39, 0.29) is 5.92 Å². The van der Waals surface area contributed by atoms with Gasteiger partial charge in [-0.15, -0.1) is 0 Å². The highest BCUT2D eigenvalue weighted by Gasteiger charge is 2.03. The number of benzene rings is 1. The van der Waals surface area contributed by atoms with E-state index in [0.717, 1.165) is 18.4 Å². The molecule has 0 radical (unpaired) electrons. The van der Waals surface area contributed by atoms with Crippen molar-refractivity contribution < 1.29 is 5.11 Å². The summed E-state index contributed by atoms with van der Waals surface area (Å²) in [6, 6.07) is 9.43. The lowest BCUT2D eigenvalue weighted by atomic mass is 10.0. The van der Waals surface area contributed by atoms with Crippen molar-refractivity contribution in [3.05, 3.63) is 29.8 Å². The minimum absolute atomic E-state index is 0.0552. The molecule has 1 aromatic rings. The van der Waals surface area contributed by atoms with Gasteiger partial charge in [-0.1, -0.05) is 18.2 Å². The lowest BCUT2D eigenvalue weighted by Gasteiger charge is -2.04. The van der Waals surface area contributed by atoms with E-state index in [4.69, 9.17) is 5.26 Å². The maximum absolute atomic E-state index is 9.41. The van der Waals surface area contributed by atoms with Gasteiger partial charge >= 0.3 is 0 Å². The smallest absolute Gasteiger partial charge is 0.118 e. The molecule has 1 aromatic carbocycles. The van der Waals surface area contributed by atoms with Crippen molar-refractivity contribution in [1.29, 1.82) is 5.26 Å². The van der Waals surface area contributed by atoms with Gasteiger partial charge in [0.2, 0.25) is 0 Å². The lowest BCUT2D eigenvalue weighted by Crippen LogP contribution is -1.93. The number of hydrogen-bond donors (Lipinski definition) is 1. The summed E-state index contributed by atoms with van der Waals surface area (Å²) < 4.78 is 0. The second-order valence-corrected chi connectivity index (χ2v) is 3.20. The molecule has 2 nitrogen and oxygen atoms in total. The van der Waals surface area contributed by atoms with Crippen LogP contribution in [0, 0.1) is 17.2 Å². The van der Waals surface area contributed by atoms with Crippen LogP contribution in [0.1, 0.15) is 18.9 Å². The summed E-state index contributed by atoms with van der Waals surface area (Å²) in [7, 11) is 0. The average Bonchev–Trinajstić information content (AvgIpc) is 2.16. The van der Waals surface area contributed by atoms with Gasteiger partial charge < -0.3 is 5.11 Å². The molecule has 1 N–H and O–H groups in total. The first-order chi connectivity index (χ1) is 6.24. The summed E-state index contributed by atoms with van der Waals surface area (Å²) in [5, 5.41) is 18.0. The van der Waals surface area contributed by atoms with Gasteiger partial charge in [-0.3, -0.25) is 0 Å². The molecule has 0 spiro atoms. The van der Waals surface area contributed by atoms with E-state index in [0.29, 0.717) is 5.75 Å². The first kappa shape index (κ1) is 9.60. The Morgan fingerprint density at radius 3 is 2.77 bits per heavy atom. The molecule has 0 bridgehead atoms. The fourth-order valence-electron chi connectivity index (χ4n) is 1.16. The standard InChI is InChI=1S/C11H13NO/c1-9(8-12)6-7-10-4-2-3-5-11(10)13/h2-5,9,13H,6-7H2,1H3. The monoisotopic (exact) mass is 175 g/mol. The number of nitrogens with zero attached hydrogens (tertiary/aromatic N) is 1. The van der Waals surface area contributed by atoms with E-state index in [2.05, 4.69) is 6.07 Å². The van der Waals surface area contributed by atoms with Gasteiger partial charge in [0, 0.05) is 5.92 Å². The summed E-state index contributed by atoms with van der Waals surface area (Å²) in [4.78, 5) is 0. The summed E-state index contributed by atoms with van der Waals surface area (Å²) >= 11 is 0. The van der Waals surface area contributed by atoms with Crippen LogP contribution in [-0.4, -0.2) is 5.11 Å². The molecule has 0 fully saturated rings. The molecule has 68 valence electrons. The number of phenols is 1. The average molecular weight is 175 g/mol. The maximum Gasteiger partial charge on any atom is 0.118 e. The zero-order chi connectivity index (χ0) is 9.68. The van der Waals surface area contributed by atoms with Crippen LogP contribution in [0.25, 0.3) is 0 Å². The molecule has 2 heteroatoms. The lowest BCUT2D eigenvalue weighted by molar-refractivity contribution is 0.465. The molecular formula is C11H13NO. The van der Waals surface area contributed by atoms with Crippen molar-refractivity contribution in [3.63, 3.8) is 0 Å². The minimum atomic E-state index is 0.0552. The second kappa shape index (κ2) is 4.51. The van der Waals surface area contributed by atoms with Crippen LogP contribution in [0.3, 0.4) is 0 Å². The second-order valence-electron chi connectivity index (χ2n) is 3.20. The highest BCUT2D eigenvalue weighted by molar-refractivity contribution is 5.31. The molecule has 0 aliphatic rings. The molecule has 0 saturated heterocycles.